The molecule has 3 atom stereocenters. The van der Waals surface area contributed by atoms with Crippen molar-refractivity contribution in [3.63, 3.8) is 0 Å². The van der Waals surface area contributed by atoms with Gasteiger partial charge in [-0.1, -0.05) is 31.7 Å². The normalized spacial score (nSPS) is 28.2. The van der Waals surface area contributed by atoms with Crippen LogP contribution in [0.2, 0.25) is 0 Å². The molecule has 3 fully saturated rings. The van der Waals surface area contributed by atoms with Crippen molar-refractivity contribution in [1.82, 2.24) is 15.8 Å². The topological polar surface area (TPSA) is 74.9 Å². The zero-order valence-corrected chi connectivity index (χ0v) is 17.2. The Balaban J connectivity index is 1.28. The van der Waals surface area contributed by atoms with Crippen LogP contribution in [0.1, 0.15) is 38.5 Å². The molecule has 7 nitrogen and oxygen atoms in total. The lowest BCUT2D eigenvalue weighted by molar-refractivity contribution is -0.118. The van der Waals surface area contributed by atoms with Crippen molar-refractivity contribution >= 4 is 11.6 Å². The van der Waals surface area contributed by atoms with Crippen LogP contribution in [0.3, 0.4) is 0 Å². The molecule has 7 heteroatoms. The first-order valence-corrected chi connectivity index (χ1v) is 11.1. The third-order valence-corrected chi connectivity index (χ3v) is 6.34. The predicted octanol–water partition coefficient (Wildman–Crippen LogP) is 2.15. The second kappa shape index (κ2) is 10.4. The number of hydrogen-bond donors (Lipinski definition) is 3. The molecule has 1 aromatic rings. The number of carbonyl (C=O) groups is 1. The van der Waals surface area contributed by atoms with E-state index in [1.54, 1.807) is 0 Å². The van der Waals surface area contributed by atoms with E-state index in [-0.39, 0.29) is 11.9 Å². The third kappa shape index (κ3) is 5.69. The molecule has 0 bridgehead atoms. The molecule has 0 aromatic heterocycles. The van der Waals surface area contributed by atoms with Gasteiger partial charge in [-0.2, -0.15) is 0 Å². The van der Waals surface area contributed by atoms with E-state index < -0.39 is 0 Å². The Morgan fingerprint density at radius 3 is 2.83 bits per heavy atom. The SMILES string of the molecule is O=C(Nc1cccc(OCCN2CCOCC2)c1)C1NNC2CCCCCCC21. The average Bonchev–Trinajstić information content (AvgIpc) is 3.11. The molecule has 1 saturated carbocycles. The zero-order chi connectivity index (χ0) is 19.9. The number of anilines is 1. The maximum absolute atomic E-state index is 12.9. The number of amides is 1. The van der Waals surface area contributed by atoms with Crippen LogP contribution in [-0.2, 0) is 9.53 Å². The zero-order valence-electron chi connectivity index (χ0n) is 17.2. The van der Waals surface area contributed by atoms with Crippen molar-refractivity contribution in [2.75, 3.05) is 44.8 Å². The van der Waals surface area contributed by atoms with E-state index >= 15 is 0 Å². The molecule has 2 heterocycles. The Morgan fingerprint density at radius 2 is 1.97 bits per heavy atom. The van der Waals surface area contributed by atoms with Gasteiger partial charge in [0, 0.05) is 43.3 Å². The van der Waals surface area contributed by atoms with Crippen molar-refractivity contribution in [2.45, 2.75) is 50.6 Å². The summed E-state index contributed by atoms with van der Waals surface area (Å²) in [6.07, 6.45) is 7.29. The van der Waals surface area contributed by atoms with E-state index in [1.165, 1.54) is 25.7 Å². The highest BCUT2D eigenvalue weighted by molar-refractivity contribution is 5.95. The molecule has 3 aliphatic rings. The molecule has 1 aromatic carbocycles. The average molecular weight is 403 g/mol. The van der Waals surface area contributed by atoms with E-state index in [9.17, 15) is 4.79 Å². The van der Waals surface area contributed by atoms with Gasteiger partial charge in [-0.05, 0) is 25.0 Å². The minimum absolute atomic E-state index is 0.0380. The summed E-state index contributed by atoms with van der Waals surface area (Å²) in [5.41, 5.74) is 7.40. The van der Waals surface area contributed by atoms with Crippen LogP contribution in [0.5, 0.6) is 5.75 Å². The molecular formula is C22H34N4O3. The standard InChI is InChI=1S/C22H34N4O3/c27-22(21-19-8-3-1-2-4-9-20(19)24-25-21)23-17-6-5-7-18(16-17)29-15-12-26-10-13-28-14-11-26/h5-7,16,19-21,24-25H,1-4,8-15H2,(H,23,27). The molecule has 2 saturated heterocycles. The molecule has 2 aliphatic heterocycles. The predicted molar refractivity (Wildman–Crippen MR) is 113 cm³/mol. The van der Waals surface area contributed by atoms with Crippen LogP contribution >= 0.6 is 0 Å². The molecule has 4 rings (SSSR count). The summed E-state index contributed by atoms with van der Waals surface area (Å²) < 4.78 is 11.3. The van der Waals surface area contributed by atoms with Gasteiger partial charge >= 0.3 is 0 Å². The summed E-state index contributed by atoms with van der Waals surface area (Å²) >= 11 is 0. The summed E-state index contributed by atoms with van der Waals surface area (Å²) in [5, 5.41) is 3.08. The number of carbonyl (C=O) groups excluding carboxylic acids is 1. The fourth-order valence-electron chi connectivity index (χ4n) is 4.66. The van der Waals surface area contributed by atoms with Crippen molar-refractivity contribution in [3.8, 4) is 5.75 Å². The number of hydrogen-bond acceptors (Lipinski definition) is 6. The molecular weight excluding hydrogens is 368 g/mol. The quantitative estimate of drug-likeness (QED) is 0.677. The highest BCUT2D eigenvalue weighted by Gasteiger charge is 2.39. The van der Waals surface area contributed by atoms with Crippen LogP contribution in [0.15, 0.2) is 24.3 Å². The van der Waals surface area contributed by atoms with Gasteiger partial charge < -0.3 is 14.8 Å². The molecule has 0 spiro atoms. The first-order chi connectivity index (χ1) is 14.3. The van der Waals surface area contributed by atoms with Gasteiger partial charge in [-0.3, -0.25) is 15.1 Å². The molecule has 160 valence electrons. The third-order valence-electron chi connectivity index (χ3n) is 6.34. The highest BCUT2D eigenvalue weighted by Crippen LogP contribution is 2.29. The molecule has 3 unspecified atom stereocenters. The van der Waals surface area contributed by atoms with Crippen molar-refractivity contribution in [1.29, 1.82) is 0 Å². The fourth-order valence-corrected chi connectivity index (χ4v) is 4.66. The van der Waals surface area contributed by atoms with Gasteiger partial charge in [-0.15, -0.1) is 0 Å². The van der Waals surface area contributed by atoms with E-state index in [0.29, 0.717) is 18.6 Å². The smallest absolute Gasteiger partial charge is 0.243 e. The maximum Gasteiger partial charge on any atom is 0.243 e. The number of benzene rings is 1. The highest BCUT2D eigenvalue weighted by atomic mass is 16.5. The fraction of sp³-hybridized carbons (Fsp3) is 0.682. The van der Waals surface area contributed by atoms with E-state index in [4.69, 9.17) is 9.47 Å². The number of fused-ring (bicyclic) bond motifs is 1. The van der Waals surface area contributed by atoms with Gasteiger partial charge in [0.1, 0.15) is 18.4 Å². The summed E-state index contributed by atoms with van der Waals surface area (Å²) in [6.45, 7) is 5.05. The molecule has 1 aliphatic carbocycles. The Labute approximate surface area is 173 Å². The number of morpholine rings is 1. The van der Waals surface area contributed by atoms with Crippen molar-refractivity contribution in [3.05, 3.63) is 24.3 Å². The Bertz CT molecular complexity index is 665. The van der Waals surface area contributed by atoms with Crippen LogP contribution in [-0.4, -0.2) is 62.3 Å². The summed E-state index contributed by atoms with van der Waals surface area (Å²) in [6, 6.07) is 7.93. The Morgan fingerprint density at radius 1 is 1.14 bits per heavy atom. The second-order valence-corrected chi connectivity index (χ2v) is 8.35. The largest absolute Gasteiger partial charge is 0.492 e. The van der Waals surface area contributed by atoms with Gasteiger partial charge in [0.15, 0.2) is 0 Å². The molecule has 3 N–H and O–H groups in total. The van der Waals surface area contributed by atoms with E-state index in [0.717, 1.165) is 57.1 Å². The van der Waals surface area contributed by atoms with Gasteiger partial charge in [0.2, 0.25) is 5.91 Å². The minimum atomic E-state index is -0.177. The molecule has 1 amide bonds. The summed E-state index contributed by atoms with van der Waals surface area (Å²) in [7, 11) is 0. The summed E-state index contributed by atoms with van der Waals surface area (Å²) in [4.78, 5) is 15.3. The van der Waals surface area contributed by atoms with E-state index in [2.05, 4.69) is 21.1 Å². The first-order valence-electron chi connectivity index (χ1n) is 11.1. The first kappa shape index (κ1) is 20.6. The summed E-state index contributed by atoms with van der Waals surface area (Å²) in [5.74, 6) is 1.19. The number of nitrogens with zero attached hydrogens (tertiary/aromatic N) is 1. The number of rotatable bonds is 6. The lowest BCUT2D eigenvalue weighted by atomic mass is 9.83. The Hall–Kier alpha value is -1.67. The van der Waals surface area contributed by atoms with Gasteiger partial charge in [0.05, 0.1) is 13.2 Å². The number of ether oxygens (including phenoxy) is 2. The monoisotopic (exact) mass is 402 g/mol. The van der Waals surface area contributed by atoms with Gasteiger partial charge in [0.25, 0.3) is 0 Å². The van der Waals surface area contributed by atoms with Crippen LogP contribution in [0, 0.1) is 5.92 Å². The number of hydrazine groups is 1. The molecule has 0 radical (unpaired) electrons. The maximum atomic E-state index is 12.9. The van der Waals surface area contributed by atoms with E-state index in [1.807, 2.05) is 24.3 Å². The Kier molecular flexibility index (Phi) is 7.38. The lowest BCUT2D eigenvalue weighted by Crippen LogP contribution is -2.42. The van der Waals surface area contributed by atoms with Crippen LogP contribution in [0.25, 0.3) is 0 Å². The van der Waals surface area contributed by atoms with Gasteiger partial charge in [-0.25, -0.2) is 5.43 Å². The van der Waals surface area contributed by atoms with Crippen LogP contribution in [0.4, 0.5) is 5.69 Å². The number of nitrogens with one attached hydrogen (secondary N) is 3. The van der Waals surface area contributed by atoms with Crippen LogP contribution < -0.4 is 20.9 Å². The van der Waals surface area contributed by atoms with Crippen molar-refractivity contribution < 1.29 is 14.3 Å². The van der Waals surface area contributed by atoms with Crippen molar-refractivity contribution in [2.24, 2.45) is 5.92 Å². The lowest BCUT2D eigenvalue weighted by Gasteiger charge is -2.26. The minimum Gasteiger partial charge on any atom is -0.492 e. The second-order valence-electron chi connectivity index (χ2n) is 8.35. The molecule has 29 heavy (non-hydrogen) atoms.